The van der Waals surface area contributed by atoms with Crippen LogP contribution >= 0.6 is 17.0 Å². The van der Waals surface area contributed by atoms with Crippen molar-refractivity contribution in [1.82, 2.24) is 0 Å². The SMILES string of the molecule is Br.CCCCCCCCCC(CCCCCC)C(N)(CCCCCC)CCCCCC. The summed E-state index contributed by atoms with van der Waals surface area (Å²) in [6.45, 7) is 9.27. The first-order valence-electron chi connectivity index (χ1n) is 14.4. The van der Waals surface area contributed by atoms with Crippen molar-refractivity contribution in [2.24, 2.45) is 11.7 Å². The largest absolute Gasteiger partial charge is 0.325 e. The summed E-state index contributed by atoms with van der Waals surface area (Å²) in [5, 5.41) is 0. The van der Waals surface area contributed by atoms with Crippen molar-refractivity contribution in [3.05, 3.63) is 0 Å². The molecule has 0 radical (unpaired) electrons. The van der Waals surface area contributed by atoms with Crippen LogP contribution in [0.15, 0.2) is 0 Å². The monoisotopic (exact) mass is 503 g/mol. The van der Waals surface area contributed by atoms with Gasteiger partial charge < -0.3 is 5.73 Å². The van der Waals surface area contributed by atoms with Gasteiger partial charge in [-0.05, 0) is 31.6 Å². The second-order valence-corrected chi connectivity index (χ2v) is 10.3. The zero-order valence-electron chi connectivity index (χ0n) is 22.3. The highest BCUT2D eigenvalue weighted by Gasteiger charge is 2.33. The van der Waals surface area contributed by atoms with E-state index in [1.807, 2.05) is 0 Å². The Bertz CT molecular complexity index is 319. The van der Waals surface area contributed by atoms with Crippen molar-refractivity contribution >= 4 is 17.0 Å². The van der Waals surface area contributed by atoms with E-state index in [4.69, 9.17) is 5.73 Å². The van der Waals surface area contributed by atoms with Crippen LogP contribution in [0.3, 0.4) is 0 Å². The Morgan fingerprint density at radius 3 is 1.13 bits per heavy atom. The van der Waals surface area contributed by atoms with E-state index in [2.05, 4.69) is 27.7 Å². The Labute approximate surface area is 209 Å². The Hall–Kier alpha value is 0.440. The van der Waals surface area contributed by atoms with Crippen molar-refractivity contribution in [3.63, 3.8) is 0 Å². The number of rotatable bonds is 24. The second-order valence-electron chi connectivity index (χ2n) is 10.3. The molecule has 0 saturated heterocycles. The van der Waals surface area contributed by atoms with Gasteiger partial charge in [-0.15, -0.1) is 17.0 Å². The molecule has 0 aromatic carbocycles. The van der Waals surface area contributed by atoms with Crippen molar-refractivity contribution in [2.75, 3.05) is 0 Å². The summed E-state index contributed by atoms with van der Waals surface area (Å²) >= 11 is 0. The van der Waals surface area contributed by atoms with Gasteiger partial charge in [0.25, 0.3) is 0 Å². The standard InChI is InChI=1S/C29H61N.BrH/c1-5-9-13-17-18-19-21-25-28(24-20-14-10-6-2)29(30,26-22-15-11-7-3)27-23-16-12-8-4;/h28H,5-27,30H2,1-4H3;1H. The minimum Gasteiger partial charge on any atom is -0.325 e. The van der Waals surface area contributed by atoms with Gasteiger partial charge in [-0.3, -0.25) is 0 Å². The maximum atomic E-state index is 7.30. The number of nitrogens with two attached hydrogens (primary N) is 1. The van der Waals surface area contributed by atoms with Crippen LogP contribution in [-0.2, 0) is 0 Å². The first kappa shape index (κ1) is 33.6. The summed E-state index contributed by atoms with van der Waals surface area (Å²) in [5.41, 5.74) is 7.41. The summed E-state index contributed by atoms with van der Waals surface area (Å²) in [5.74, 6) is 0.758. The van der Waals surface area contributed by atoms with Crippen molar-refractivity contribution < 1.29 is 0 Å². The zero-order chi connectivity index (χ0) is 22.3. The zero-order valence-corrected chi connectivity index (χ0v) is 24.0. The maximum absolute atomic E-state index is 7.30. The topological polar surface area (TPSA) is 26.0 Å². The van der Waals surface area contributed by atoms with Crippen LogP contribution in [0, 0.1) is 5.92 Å². The highest BCUT2D eigenvalue weighted by atomic mass is 79.9. The first-order chi connectivity index (χ1) is 14.6. The second kappa shape index (κ2) is 25.1. The van der Waals surface area contributed by atoms with E-state index in [0.29, 0.717) is 0 Å². The number of hydrogen-bond donors (Lipinski definition) is 1. The molecule has 0 aliphatic carbocycles. The Morgan fingerprint density at radius 2 is 0.742 bits per heavy atom. The van der Waals surface area contributed by atoms with E-state index in [1.54, 1.807) is 0 Å². The van der Waals surface area contributed by atoms with Crippen molar-refractivity contribution in [1.29, 1.82) is 0 Å². The van der Waals surface area contributed by atoms with Crippen molar-refractivity contribution in [3.8, 4) is 0 Å². The van der Waals surface area contributed by atoms with Gasteiger partial charge in [-0.1, -0.05) is 150 Å². The molecule has 0 amide bonds. The van der Waals surface area contributed by atoms with Gasteiger partial charge in [0.05, 0.1) is 0 Å². The van der Waals surface area contributed by atoms with Gasteiger partial charge >= 0.3 is 0 Å². The predicted octanol–water partition coefficient (Wildman–Crippen LogP) is 10.9. The molecule has 2 heteroatoms. The molecule has 0 aromatic rings. The molecule has 0 saturated carbocycles. The van der Waals surface area contributed by atoms with E-state index in [0.717, 1.165) is 5.92 Å². The minimum absolute atomic E-state index is 0. The van der Waals surface area contributed by atoms with Gasteiger partial charge in [-0.25, -0.2) is 0 Å². The van der Waals surface area contributed by atoms with Gasteiger partial charge in [0.2, 0.25) is 0 Å². The number of halogens is 1. The summed E-state index contributed by atoms with van der Waals surface area (Å²) < 4.78 is 0. The normalized spacial score (nSPS) is 12.7. The lowest BCUT2D eigenvalue weighted by molar-refractivity contribution is 0.190. The van der Waals surface area contributed by atoms with Crippen LogP contribution in [0.4, 0.5) is 0 Å². The molecular weight excluding hydrogens is 442 g/mol. The van der Waals surface area contributed by atoms with Gasteiger partial charge in [0.1, 0.15) is 0 Å². The van der Waals surface area contributed by atoms with E-state index in [-0.39, 0.29) is 22.5 Å². The molecular formula is C29H62BrN. The molecule has 0 aromatic heterocycles. The molecule has 0 spiro atoms. The molecule has 2 N–H and O–H groups in total. The molecule has 31 heavy (non-hydrogen) atoms. The number of unbranched alkanes of at least 4 members (excludes halogenated alkanes) is 15. The molecule has 0 aliphatic heterocycles. The van der Waals surface area contributed by atoms with Crippen LogP contribution in [-0.4, -0.2) is 5.54 Å². The molecule has 1 unspecified atom stereocenters. The quantitative estimate of drug-likeness (QED) is 0.130. The predicted molar refractivity (Wildman–Crippen MR) is 150 cm³/mol. The summed E-state index contributed by atoms with van der Waals surface area (Å²) in [7, 11) is 0. The Balaban J connectivity index is 0. The molecule has 1 nitrogen and oxygen atoms in total. The van der Waals surface area contributed by atoms with Crippen LogP contribution in [0.25, 0.3) is 0 Å². The van der Waals surface area contributed by atoms with Gasteiger partial charge in [0, 0.05) is 5.54 Å². The third-order valence-electron chi connectivity index (χ3n) is 7.37. The third-order valence-corrected chi connectivity index (χ3v) is 7.37. The molecule has 1 atom stereocenters. The van der Waals surface area contributed by atoms with Gasteiger partial charge in [0.15, 0.2) is 0 Å². The molecule has 0 aliphatic rings. The molecule has 0 heterocycles. The van der Waals surface area contributed by atoms with E-state index in [9.17, 15) is 0 Å². The lowest BCUT2D eigenvalue weighted by atomic mass is 9.72. The summed E-state index contributed by atoms with van der Waals surface area (Å²) in [4.78, 5) is 0. The third kappa shape index (κ3) is 19.6. The van der Waals surface area contributed by atoms with Crippen LogP contribution in [0.1, 0.15) is 175 Å². The molecule has 190 valence electrons. The molecule has 0 rings (SSSR count). The lowest BCUT2D eigenvalue weighted by Gasteiger charge is -2.39. The van der Waals surface area contributed by atoms with E-state index in [1.165, 1.54) is 148 Å². The van der Waals surface area contributed by atoms with Crippen molar-refractivity contribution in [2.45, 2.75) is 181 Å². The highest BCUT2D eigenvalue weighted by Crippen LogP contribution is 2.35. The maximum Gasteiger partial charge on any atom is 0.0182 e. The Morgan fingerprint density at radius 1 is 0.452 bits per heavy atom. The minimum atomic E-state index is 0. The lowest BCUT2D eigenvalue weighted by Crippen LogP contribution is -2.47. The van der Waals surface area contributed by atoms with Crippen LogP contribution < -0.4 is 5.73 Å². The molecule has 0 fully saturated rings. The summed E-state index contributed by atoms with van der Waals surface area (Å²) in [6.07, 6.45) is 31.6. The van der Waals surface area contributed by atoms with Crippen LogP contribution in [0.5, 0.6) is 0 Å². The average molecular weight is 505 g/mol. The smallest absolute Gasteiger partial charge is 0.0182 e. The summed E-state index contributed by atoms with van der Waals surface area (Å²) in [6, 6.07) is 0. The van der Waals surface area contributed by atoms with Gasteiger partial charge in [-0.2, -0.15) is 0 Å². The first-order valence-corrected chi connectivity index (χ1v) is 14.4. The fraction of sp³-hybridized carbons (Fsp3) is 1.00. The highest BCUT2D eigenvalue weighted by molar-refractivity contribution is 8.93. The molecule has 0 bridgehead atoms. The van der Waals surface area contributed by atoms with E-state index >= 15 is 0 Å². The Kier molecular flexibility index (Phi) is 27.2. The fourth-order valence-corrected chi connectivity index (χ4v) is 5.18. The van der Waals surface area contributed by atoms with Crippen LogP contribution in [0.2, 0.25) is 0 Å². The number of hydrogen-bond acceptors (Lipinski definition) is 1. The fourth-order valence-electron chi connectivity index (χ4n) is 5.18. The average Bonchev–Trinajstić information content (AvgIpc) is 2.75. The van der Waals surface area contributed by atoms with E-state index < -0.39 is 0 Å².